The van der Waals surface area contributed by atoms with Crippen LogP contribution in [0.2, 0.25) is 0 Å². The van der Waals surface area contributed by atoms with Crippen molar-refractivity contribution in [2.24, 2.45) is 0 Å². The Balaban J connectivity index is 1.86. The summed E-state index contributed by atoms with van der Waals surface area (Å²) in [5.74, 6) is -0.998. The summed E-state index contributed by atoms with van der Waals surface area (Å²) in [4.78, 5) is 12.8. The number of benzene rings is 1. The molecule has 0 aliphatic carbocycles. The van der Waals surface area contributed by atoms with Crippen molar-refractivity contribution < 1.29 is 14.6 Å². The second-order valence-corrected chi connectivity index (χ2v) is 5.42. The van der Waals surface area contributed by atoms with Crippen LogP contribution in [0.1, 0.15) is 24.0 Å². The van der Waals surface area contributed by atoms with Crippen LogP contribution in [0.15, 0.2) is 24.3 Å². The van der Waals surface area contributed by atoms with Crippen LogP contribution in [0.25, 0.3) is 6.08 Å². The number of hydrogen-bond acceptors (Lipinski definition) is 4. The molecule has 1 aromatic carbocycles. The highest BCUT2D eigenvalue weighted by Gasteiger charge is 2.34. The summed E-state index contributed by atoms with van der Waals surface area (Å²) < 4.78 is 5.81. The van der Waals surface area contributed by atoms with E-state index in [1.807, 2.05) is 12.1 Å². The maximum atomic E-state index is 10.5. The predicted octanol–water partition coefficient (Wildman–Crippen LogP) is 2.02. The summed E-state index contributed by atoms with van der Waals surface area (Å²) in [7, 11) is 0. The standard InChI is InChI=1S/C16H16N2O3/c17-8-12-7-11(2-6-16(19)20)1-5-15(12)18-9-13-3-4-14(10-18)21-13/h1-2,5-7,13-14H,3-4,9-10H2,(H,19,20)/b6-2+. The Kier molecular flexibility index (Phi) is 3.63. The number of morpholine rings is 1. The van der Waals surface area contributed by atoms with E-state index >= 15 is 0 Å². The number of aliphatic carboxylic acids is 1. The Bertz CT molecular complexity index is 621. The van der Waals surface area contributed by atoms with Crippen LogP contribution in [0.5, 0.6) is 0 Å². The van der Waals surface area contributed by atoms with Crippen molar-refractivity contribution in [3.63, 3.8) is 0 Å². The molecular formula is C16H16N2O3. The van der Waals surface area contributed by atoms with Gasteiger partial charge in [0.2, 0.25) is 0 Å². The maximum absolute atomic E-state index is 10.5. The van der Waals surface area contributed by atoms with Gasteiger partial charge in [-0.1, -0.05) is 6.07 Å². The Hall–Kier alpha value is -2.32. The molecule has 1 aromatic rings. The molecule has 0 amide bonds. The first-order valence-corrected chi connectivity index (χ1v) is 7.01. The molecule has 108 valence electrons. The van der Waals surface area contributed by atoms with Gasteiger partial charge in [-0.15, -0.1) is 0 Å². The van der Waals surface area contributed by atoms with Crippen LogP contribution < -0.4 is 4.90 Å². The van der Waals surface area contributed by atoms with Crippen LogP contribution >= 0.6 is 0 Å². The molecular weight excluding hydrogens is 268 g/mol. The lowest BCUT2D eigenvalue weighted by molar-refractivity contribution is -0.131. The molecule has 0 aromatic heterocycles. The normalized spacial score (nSPS) is 24.2. The quantitative estimate of drug-likeness (QED) is 0.860. The van der Waals surface area contributed by atoms with Gasteiger partial charge in [0.15, 0.2) is 0 Å². The summed E-state index contributed by atoms with van der Waals surface area (Å²) >= 11 is 0. The molecule has 21 heavy (non-hydrogen) atoms. The summed E-state index contributed by atoms with van der Waals surface area (Å²) in [6, 6.07) is 7.67. The average molecular weight is 284 g/mol. The van der Waals surface area contributed by atoms with E-state index in [-0.39, 0.29) is 12.2 Å². The molecule has 2 aliphatic heterocycles. The molecule has 2 bridgehead atoms. The van der Waals surface area contributed by atoms with E-state index in [0.29, 0.717) is 11.1 Å². The van der Waals surface area contributed by atoms with E-state index in [0.717, 1.165) is 37.7 Å². The number of rotatable bonds is 3. The highest BCUT2D eigenvalue weighted by Crippen LogP contribution is 2.31. The highest BCUT2D eigenvalue weighted by atomic mass is 16.5. The molecule has 2 saturated heterocycles. The molecule has 0 radical (unpaired) electrons. The average Bonchev–Trinajstić information content (AvgIpc) is 2.83. The maximum Gasteiger partial charge on any atom is 0.328 e. The van der Waals surface area contributed by atoms with Gasteiger partial charge in [-0.2, -0.15) is 5.26 Å². The molecule has 0 saturated carbocycles. The largest absolute Gasteiger partial charge is 0.478 e. The minimum Gasteiger partial charge on any atom is -0.478 e. The van der Waals surface area contributed by atoms with Gasteiger partial charge in [0.25, 0.3) is 0 Å². The molecule has 1 N–H and O–H groups in total. The van der Waals surface area contributed by atoms with Crippen LogP contribution in [0, 0.1) is 11.3 Å². The zero-order valence-corrected chi connectivity index (χ0v) is 11.5. The minimum atomic E-state index is -0.998. The van der Waals surface area contributed by atoms with Crippen LogP contribution in [-0.4, -0.2) is 36.4 Å². The van der Waals surface area contributed by atoms with Gasteiger partial charge in [0, 0.05) is 19.2 Å². The number of carboxylic acid groups (broad SMARTS) is 1. The van der Waals surface area contributed by atoms with Gasteiger partial charge in [-0.3, -0.25) is 0 Å². The third kappa shape index (κ3) is 2.91. The van der Waals surface area contributed by atoms with Gasteiger partial charge in [0.05, 0.1) is 23.5 Å². The van der Waals surface area contributed by atoms with Crippen LogP contribution in [0.3, 0.4) is 0 Å². The van der Waals surface area contributed by atoms with E-state index in [9.17, 15) is 10.1 Å². The van der Waals surface area contributed by atoms with E-state index in [1.165, 1.54) is 6.08 Å². The Morgan fingerprint density at radius 3 is 2.71 bits per heavy atom. The fourth-order valence-corrected chi connectivity index (χ4v) is 3.00. The summed E-state index contributed by atoms with van der Waals surface area (Å²) in [6.45, 7) is 1.63. The highest BCUT2D eigenvalue weighted by molar-refractivity contribution is 5.85. The molecule has 2 unspecified atom stereocenters. The lowest BCUT2D eigenvalue weighted by atomic mass is 10.1. The van der Waals surface area contributed by atoms with Crippen LogP contribution in [0.4, 0.5) is 5.69 Å². The van der Waals surface area contributed by atoms with Gasteiger partial charge in [-0.25, -0.2) is 4.79 Å². The first kappa shape index (κ1) is 13.7. The molecule has 0 spiro atoms. The summed E-state index contributed by atoms with van der Waals surface area (Å²) in [5.41, 5.74) is 2.20. The monoisotopic (exact) mass is 284 g/mol. The molecule has 2 heterocycles. The first-order chi connectivity index (χ1) is 10.2. The van der Waals surface area contributed by atoms with E-state index in [4.69, 9.17) is 9.84 Å². The molecule has 2 atom stereocenters. The second kappa shape index (κ2) is 5.58. The second-order valence-electron chi connectivity index (χ2n) is 5.42. The molecule has 5 heteroatoms. The number of ether oxygens (including phenoxy) is 1. The molecule has 3 rings (SSSR count). The Labute approximate surface area is 123 Å². The van der Waals surface area contributed by atoms with Crippen molar-refractivity contribution in [3.8, 4) is 6.07 Å². The van der Waals surface area contributed by atoms with Crippen molar-refractivity contribution in [2.45, 2.75) is 25.0 Å². The van der Waals surface area contributed by atoms with Gasteiger partial charge < -0.3 is 14.7 Å². The lowest BCUT2D eigenvalue weighted by Crippen LogP contribution is -2.42. The number of carboxylic acids is 1. The third-order valence-electron chi connectivity index (χ3n) is 3.94. The number of fused-ring (bicyclic) bond motifs is 2. The van der Waals surface area contributed by atoms with Gasteiger partial charge in [0.1, 0.15) is 6.07 Å². The van der Waals surface area contributed by atoms with Crippen molar-refractivity contribution in [3.05, 3.63) is 35.4 Å². The number of anilines is 1. The lowest BCUT2D eigenvalue weighted by Gasteiger charge is -2.34. The number of nitriles is 1. The number of carbonyl (C=O) groups is 1. The molecule has 2 fully saturated rings. The van der Waals surface area contributed by atoms with E-state index in [1.54, 1.807) is 6.07 Å². The van der Waals surface area contributed by atoms with Crippen molar-refractivity contribution in [1.82, 2.24) is 0 Å². The van der Waals surface area contributed by atoms with Gasteiger partial charge >= 0.3 is 5.97 Å². The van der Waals surface area contributed by atoms with Crippen molar-refractivity contribution >= 4 is 17.7 Å². The summed E-state index contributed by atoms with van der Waals surface area (Å²) in [5, 5.41) is 18.0. The zero-order valence-electron chi connectivity index (χ0n) is 11.5. The first-order valence-electron chi connectivity index (χ1n) is 7.01. The van der Waals surface area contributed by atoms with Crippen molar-refractivity contribution in [2.75, 3.05) is 18.0 Å². The summed E-state index contributed by atoms with van der Waals surface area (Å²) in [6.07, 6.45) is 5.27. The molecule has 5 nitrogen and oxygen atoms in total. The van der Waals surface area contributed by atoms with E-state index in [2.05, 4.69) is 11.0 Å². The predicted molar refractivity (Wildman–Crippen MR) is 77.9 cm³/mol. The van der Waals surface area contributed by atoms with Gasteiger partial charge in [-0.05, 0) is 36.6 Å². The zero-order chi connectivity index (χ0) is 14.8. The van der Waals surface area contributed by atoms with Crippen molar-refractivity contribution in [1.29, 1.82) is 5.26 Å². The fraction of sp³-hybridized carbons (Fsp3) is 0.375. The van der Waals surface area contributed by atoms with E-state index < -0.39 is 5.97 Å². The topological polar surface area (TPSA) is 73.6 Å². The smallest absolute Gasteiger partial charge is 0.328 e. The Morgan fingerprint density at radius 1 is 1.38 bits per heavy atom. The SMILES string of the molecule is N#Cc1cc(/C=C/C(=O)O)ccc1N1CC2CCC(C1)O2. The van der Waals surface area contributed by atoms with Crippen LogP contribution in [-0.2, 0) is 9.53 Å². The Morgan fingerprint density at radius 2 is 2.10 bits per heavy atom. The third-order valence-corrected chi connectivity index (χ3v) is 3.94. The number of nitrogens with zero attached hydrogens (tertiary/aromatic N) is 2. The minimum absolute atomic E-state index is 0.266. The number of hydrogen-bond donors (Lipinski definition) is 1. The fourth-order valence-electron chi connectivity index (χ4n) is 3.00. The molecule has 2 aliphatic rings.